The summed E-state index contributed by atoms with van der Waals surface area (Å²) < 4.78 is 0. The van der Waals surface area contributed by atoms with Crippen LogP contribution < -0.4 is 5.32 Å². The topological polar surface area (TPSA) is 12.0 Å². The molecule has 0 bridgehead atoms. The molecular formula is C28H19N. The molecule has 0 atom stereocenters. The van der Waals surface area contributed by atoms with Crippen LogP contribution in [0.3, 0.4) is 0 Å². The van der Waals surface area contributed by atoms with Crippen molar-refractivity contribution < 1.29 is 0 Å². The highest BCUT2D eigenvalue weighted by Crippen LogP contribution is 2.34. The molecular weight excluding hydrogens is 350 g/mol. The van der Waals surface area contributed by atoms with E-state index in [1.165, 1.54) is 43.1 Å². The molecule has 0 aliphatic carbocycles. The van der Waals surface area contributed by atoms with Crippen molar-refractivity contribution in [3.8, 4) is 0 Å². The molecule has 6 aromatic carbocycles. The van der Waals surface area contributed by atoms with Gasteiger partial charge in [0.2, 0.25) is 0 Å². The lowest BCUT2D eigenvalue weighted by molar-refractivity contribution is 1.62. The van der Waals surface area contributed by atoms with Crippen molar-refractivity contribution >= 4 is 54.5 Å². The molecule has 0 aromatic heterocycles. The summed E-state index contributed by atoms with van der Waals surface area (Å²) in [4.78, 5) is 0. The molecule has 1 nitrogen and oxygen atoms in total. The third kappa shape index (κ3) is 2.71. The number of benzene rings is 6. The van der Waals surface area contributed by atoms with Crippen molar-refractivity contribution in [3.05, 3.63) is 109 Å². The second kappa shape index (κ2) is 6.35. The number of nitrogens with one attached hydrogen (secondary N) is 1. The summed E-state index contributed by atoms with van der Waals surface area (Å²) >= 11 is 0. The van der Waals surface area contributed by atoms with E-state index in [1.807, 2.05) is 0 Å². The number of hydrogen-bond acceptors (Lipinski definition) is 1. The molecule has 29 heavy (non-hydrogen) atoms. The predicted molar refractivity (Wildman–Crippen MR) is 126 cm³/mol. The van der Waals surface area contributed by atoms with Crippen LogP contribution in [0.5, 0.6) is 0 Å². The average molecular weight is 369 g/mol. The Labute approximate surface area is 169 Å². The molecule has 0 spiro atoms. The summed E-state index contributed by atoms with van der Waals surface area (Å²) in [5, 5.41) is 13.8. The predicted octanol–water partition coefficient (Wildman–Crippen LogP) is 8.04. The van der Waals surface area contributed by atoms with Gasteiger partial charge in [0.25, 0.3) is 0 Å². The van der Waals surface area contributed by atoms with Crippen molar-refractivity contribution in [2.75, 3.05) is 5.32 Å². The van der Waals surface area contributed by atoms with Crippen LogP contribution in [0, 0.1) is 0 Å². The molecule has 0 unspecified atom stereocenters. The molecule has 6 rings (SSSR count). The molecule has 0 saturated carbocycles. The first-order chi connectivity index (χ1) is 14.3. The summed E-state index contributed by atoms with van der Waals surface area (Å²) in [6.45, 7) is 0. The van der Waals surface area contributed by atoms with Crippen LogP contribution in [-0.4, -0.2) is 0 Å². The quantitative estimate of drug-likeness (QED) is 0.304. The number of anilines is 2. The summed E-state index contributed by atoms with van der Waals surface area (Å²) in [6, 6.07) is 39.1. The van der Waals surface area contributed by atoms with Gasteiger partial charge in [0.05, 0.1) is 0 Å². The number of rotatable bonds is 2. The minimum Gasteiger partial charge on any atom is -0.355 e. The zero-order chi connectivity index (χ0) is 19.2. The normalized spacial score (nSPS) is 11.4. The van der Waals surface area contributed by atoms with Gasteiger partial charge in [-0.3, -0.25) is 0 Å². The summed E-state index contributed by atoms with van der Waals surface area (Å²) in [7, 11) is 0. The Kier molecular flexibility index (Phi) is 3.54. The minimum absolute atomic E-state index is 1.13. The molecule has 6 aromatic rings. The highest BCUT2D eigenvalue weighted by Gasteiger charge is 2.07. The van der Waals surface area contributed by atoms with E-state index >= 15 is 0 Å². The first kappa shape index (κ1) is 16.1. The van der Waals surface area contributed by atoms with Crippen molar-refractivity contribution in [1.29, 1.82) is 0 Å². The van der Waals surface area contributed by atoms with E-state index < -0.39 is 0 Å². The molecule has 0 saturated heterocycles. The van der Waals surface area contributed by atoms with E-state index in [2.05, 4.69) is 115 Å². The fourth-order valence-corrected chi connectivity index (χ4v) is 4.30. The van der Waals surface area contributed by atoms with Gasteiger partial charge in [0, 0.05) is 22.1 Å². The Morgan fingerprint density at radius 3 is 1.17 bits per heavy atom. The second-order valence-electron chi connectivity index (χ2n) is 7.58. The highest BCUT2D eigenvalue weighted by molar-refractivity contribution is 6.08. The summed E-state index contributed by atoms with van der Waals surface area (Å²) in [6.07, 6.45) is 0. The maximum atomic E-state index is 3.72. The third-order valence-corrected chi connectivity index (χ3v) is 5.76. The lowest BCUT2D eigenvalue weighted by Gasteiger charge is -2.14. The molecule has 0 fully saturated rings. The smallest absolute Gasteiger partial charge is 0.0464 e. The van der Waals surface area contributed by atoms with E-state index in [0.717, 1.165) is 11.4 Å². The van der Waals surface area contributed by atoms with Gasteiger partial charge in [-0.25, -0.2) is 0 Å². The van der Waals surface area contributed by atoms with Crippen molar-refractivity contribution in [2.45, 2.75) is 0 Å². The van der Waals surface area contributed by atoms with Crippen LogP contribution in [0.1, 0.15) is 0 Å². The maximum Gasteiger partial charge on any atom is 0.0464 e. The van der Waals surface area contributed by atoms with Crippen molar-refractivity contribution in [1.82, 2.24) is 0 Å². The van der Waals surface area contributed by atoms with Gasteiger partial charge in [-0.15, -0.1) is 0 Å². The molecule has 1 N–H and O–H groups in total. The zero-order valence-corrected chi connectivity index (χ0v) is 15.9. The van der Waals surface area contributed by atoms with Gasteiger partial charge in [0.1, 0.15) is 0 Å². The SMILES string of the molecule is c1ccc2cc3c(Nc4cccc5cc6ccccc6cc45)cccc3cc2c1. The minimum atomic E-state index is 1.13. The van der Waals surface area contributed by atoms with Crippen LogP contribution in [-0.2, 0) is 0 Å². The van der Waals surface area contributed by atoms with E-state index in [0.29, 0.717) is 0 Å². The molecule has 0 heterocycles. The lowest BCUT2D eigenvalue weighted by Crippen LogP contribution is -1.93. The third-order valence-electron chi connectivity index (χ3n) is 5.76. The Balaban J connectivity index is 1.55. The Bertz CT molecular complexity index is 1410. The summed E-state index contributed by atoms with van der Waals surface area (Å²) in [5.41, 5.74) is 2.27. The Hall–Kier alpha value is -3.84. The molecule has 0 radical (unpaired) electrons. The van der Waals surface area contributed by atoms with E-state index in [1.54, 1.807) is 0 Å². The Morgan fingerprint density at radius 2 is 0.724 bits per heavy atom. The number of hydrogen-bond donors (Lipinski definition) is 1. The average Bonchev–Trinajstić information content (AvgIpc) is 2.77. The fourth-order valence-electron chi connectivity index (χ4n) is 4.30. The largest absolute Gasteiger partial charge is 0.355 e. The van der Waals surface area contributed by atoms with Gasteiger partial charge in [-0.2, -0.15) is 0 Å². The van der Waals surface area contributed by atoms with E-state index in [-0.39, 0.29) is 0 Å². The molecule has 0 aliphatic heterocycles. The van der Waals surface area contributed by atoms with Gasteiger partial charge in [-0.05, 0) is 68.7 Å². The van der Waals surface area contributed by atoms with Gasteiger partial charge < -0.3 is 5.32 Å². The van der Waals surface area contributed by atoms with E-state index in [4.69, 9.17) is 0 Å². The van der Waals surface area contributed by atoms with Gasteiger partial charge in [0.15, 0.2) is 0 Å². The second-order valence-corrected chi connectivity index (χ2v) is 7.58. The first-order valence-corrected chi connectivity index (χ1v) is 9.95. The molecule has 136 valence electrons. The van der Waals surface area contributed by atoms with E-state index in [9.17, 15) is 0 Å². The van der Waals surface area contributed by atoms with Gasteiger partial charge >= 0.3 is 0 Å². The molecule has 0 aliphatic rings. The molecule has 1 heteroatoms. The van der Waals surface area contributed by atoms with Crippen LogP contribution in [0.15, 0.2) is 109 Å². The zero-order valence-electron chi connectivity index (χ0n) is 15.9. The highest BCUT2D eigenvalue weighted by atomic mass is 14.9. The summed E-state index contributed by atoms with van der Waals surface area (Å²) in [5.74, 6) is 0. The van der Waals surface area contributed by atoms with Crippen LogP contribution in [0.25, 0.3) is 43.1 Å². The van der Waals surface area contributed by atoms with Crippen LogP contribution in [0.4, 0.5) is 11.4 Å². The number of fused-ring (bicyclic) bond motifs is 4. The molecule has 0 amide bonds. The van der Waals surface area contributed by atoms with Crippen LogP contribution >= 0.6 is 0 Å². The Morgan fingerprint density at radius 1 is 0.345 bits per heavy atom. The fraction of sp³-hybridized carbons (Fsp3) is 0. The standard InChI is InChI=1S/C28H19N/c1-3-9-21-17-25-23(15-19(21)7-1)11-5-13-27(25)29-28-14-6-12-24-16-20-8-2-4-10-22(20)18-26(24)28/h1-18,29H. The van der Waals surface area contributed by atoms with Gasteiger partial charge in [-0.1, -0.05) is 72.8 Å². The van der Waals surface area contributed by atoms with Crippen molar-refractivity contribution in [2.24, 2.45) is 0 Å². The lowest BCUT2D eigenvalue weighted by atomic mass is 10.0. The van der Waals surface area contributed by atoms with Crippen molar-refractivity contribution in [3.63, 3.8) is 0 Å². The maximum absolute atomic E-state index is 3.72. The van der Waals surface area contributed by atoms with Crippen LogP contribution in [0.2, 0.25) is 0 Å². The monoisotopic (exact) mass is 369 g/mol. The first-order valence-electron chi connectivity index (χ1n) is 9.95.